The van der Waals surface area contributed by atoms with Crippen LogP contribution in [0.4, 0.5) is 0 Å². The van der Waals surface area contributed by atoms with E-state index in [4.69, 9.17) is 9.47 Å². The fourth-order valence-electron chi connectivity index (χ4n) is 2.72. The molecule has 1 aromatic carbocycles. The van der Waals surface area contributed by atoms with Crippen molar-refractivity contribution in [3.8, 4) is 5.75 Å². The fraction of sp³-hybridized carbons (Fsp3) is 0.636. The molecule has 1 aliphatic rings. The molecule has 1 saturated carbocycles. The second-order valence-corrected chi connectivity index (χ2v) is 7.12. The van der Waals surface area contributed by atoms with Crippen molar-refractivity contribution in [2.24, 2.45) is 4.99 Å². The number of ether oxygens (including phenoxy) is 2. The molecule has 2 rings (SSSR count). The number of carbonyl (C=O) groups excluding carboxylic acids is 1. The van der Waals surface area contributed by atoms with Crippen LogP contribution in [0.15, 0.2) is 29.3 Å². The van der Waals surface area contributed by atoms with Crippen LogP contribution in [0.25, 0.3) is 0 Å². The van der Waals surface area contributed by atoms with Crippen molar-refractivity contribution in [1.82, 2.24) is 16.0 Å². The quantitative estimate of drug-likeness (QED) is 0.252. The van der Waals surface area contributed by atoms with Crippen LogP contribution in [0, 0.1) is 0 Å². The maximum Gasteiger partial charge on any atom is 0.258 e. The first-order valence-corrected chi connectivity index (χ1v) is 10.8. The van der Waals surface area contributed by atoms with E-state index in [2.05, 4.69) is 27.9 Å². The first-order valence-electron chi connectivity index (χ1n) is 10.8. The molecule has 0 saturated heterocycles. The highest BCUT2D eigenvalue weighted by Gasteiger charge is 2.23. The Kier molecular flexibility index (Phi) is 11.0. The molecule has 0 spiro atoms. The Morgan fingerprint density at radius 3 is 2.62 bits per heavy atom. The Labute approximate surface area is 174 Å². The lowest BCUT2D eigenvalue weighted by Crippen LogP contribution is -2.38. The molecule has 1 amide bonds. The molecule has 1 aromatic rings. The van der Waals surface area contributed by atoms with Gasteiger partial charge in [0.15, 0.2) is 12.6 Å². The standard InChI is InChI=1S/C22H36N4O3/c1-3-23-22(24-14-5-6-16-28-4-2)25-15-13-18-7-11-20(12-8-18)29-17-21(27)26-19-9-10-19/h7-8,11-12,19H,3-6,9-10,13-17H2,1-2H3,(H,26,27)(H2,23,24,25). The molecule has 0 bridgehead atoms. The summed E-state index contributed by atoms with van der Waals surface area (Å²) in [5, 5.41) is 9.56. The molecule has 29 heavy (non-hydrogen) atoms. The Morgan fingerprint density at radius 1 is 1.14 bits per heavy atom. The Bertz CT molecular complexity index is 615. The first kappa shape index (κ1) is 23.0. The largest absolute Gasteiger partial charge is 0.484 e. The highest BCUT2D eigenvalue weighted by atomic mass is 16.5. The van der Waals surface area contributed by atoms with Crippen LogP contribution in [-0.4, -0.2) is 57.4 Å². The third kappa shape index (κ3) is 10.7. The molecule has 7 heteroatoms. The smallest absolute Gasteiger partial charge is 0.258 e. The first-order chi connectivity index (χ1) is 14.2. The molecule has 1 fully saturated rings. The van der Waals surface area contributed by atoms with Crippen molar-refractivity contribution in [2.75, 3.05) is 39.5 Å². The molecule has 0 unspecified atom stereocenters. The zero-order chi connectivity index (χ0) is 20.7. The van der Waals surface area contributed by atoms with E-state index in [1.807, 2.05) is 31.2 Å². The van der Waals surface area contributed by atoms with Crippen LogP contribution >= 0.6 is 0 Å². The van der Waals surface area contributed by atoms with Gasteiger partial charge in [-0.25, -0.2) is 0 Å². The molecule has 0 heterocycles. The van der Waals surface area contributed by atoms with E-state index < -0.39 is 0 Å². The lowest BCUT2D eigenvalue weighted by Gasteiger charge is -2.12. The van der Waals surface area contributed by atoms with Crippen LogP contribution < -0.4 is 20.7 Å². The van der Waals surface area contributed by atoms with Gasteiger partial charge in [0.25, 0.3) is 5.91 Å². The van der Waals surface area contributed by atoms with Crippen LogP contribution in [-0.2, 0) is 16.0 Å². The van der Waals surface area contributed by atoms with E-state index in [1.54, 1.807) is 0 Å². The van der Waals surface area contributed by atoms with E-state index in [0.717, 1.165) is 76.7 Å². The predicted octanol–water partition coefficient (Wildman–Crippen LogP) is 2.26. The number of nitrogens with zero attached hydrogens (tertiary/aromatic N) is 1. The summed E-state index contributed by atoms with van der Waals surface area (Å²) in [7, 11) is 0. The van der Waals surface area contributed by atoms with Gasteiger partial charge in [-0.3, -0.25) is 9.79 Å². The molecule has 0 aliphatic heterocycles. The van der Waals surface area contributed by atoms with Crippen LogP contribution in [0.5, 0.6) is 5.75 Å². The van der Waals surface area contributed by atoms with Crippen LogP contribution in [0.2, 0.25) is 0 Å². The molecule has 0 radical (unpaired) electrons. The molecule has 162 valence electrons. The molecule has 0 aromatic heterocycles. The van der Waals surface area contributed by atoms with Gasteiger partial charge in [-0.05, 0) is 63.6 Å². The van der Waals surface area contributed by atoms with Crippen molar-refractivity contribution >= 4 is 11.9 Å². The van der Waals surface area contributed by atoms with Gasteiger partial charge >= 0.3 is 0 Å². The molecule has 0 atom stereocenters. The van der Waals surface area contributed by atoms with Crippen molar-refractivity contribution in [3.05, 3.63) is 29.8 Å². The maximum absolute atomic E-state index is 11.7. The molecule has 7 nitrogen and oxygen atoms in total. The topological polar surface area (TPSA) is 84.0 Å². The van der Waals surface area contributed by atoms with Crippen molar-refractivity contribution in [3.63, 3.8) is 0 Å². The molecular weight excluding hydrogens is 368 g/mol. The minimum absolute atomic E-state index is 0.0473. The van der Waals surface area contributed by atoms with Gasteiger partial charge in [0.05, 0.1) is 0 Å². The number of aliphatic imine (C=N–C) groups is 1. The second-order valence-electron chi connectivity index (χ2n) is 7.12. The average molecular weight is 405 g/mol. The number of benzene rings is 1. The third-order valence-electron chi connectivity index (χ3n) is 4.46. The zero-order valence-electron chi connectivity index (χ0n) is 17.8. The van der Waals surface area contributed by atoms with E-state index >= 15 is 0 Å². The number of carbonyl (C=O) groups is 1. The summed E-state index contributed by atoms with van der Waals surface area (Å²) in [5.41, 5.74) is 1.21. The van der Waals surface area contributed by atoms with Gasteiger partial charge < -0.3 is 25.4 Å². The van der Waals surface area contributed by atoms with Crippen LogP contribution in [0.3, 0.4) is 0 Å². The Hall–Kier alpha value is -2.28. The average Bonchev–Trinajstić information content (AvgIpc) is 3.54. The summed E-state index contributed by atoms with van der Waals surface area (Å²) in [6, 6.07) is 8.27. The maximum atomic E-state index is 11.7. The zero-order valence-corrected chi connectivity index (χ0v) is 17.8. The minimum Gasteiger partial charge on any atom is -0.484 e. The number of guanidine groups is 1. The molecular formula is C22H36N4O3. The van der Waals surface area contributed by atoms with Crippen molar-refractivity contribution in [2.45, 2.75) is 52.0 Å². The lowest BCUT2D eigenvalue weighted by molar-refractivity contribution is -0.123. The monoisotopic (exact) mass is 404 g/mol. The summed E-state index contributed by atoms with van der Waals surface area (Å²) in [5.74, 6) is 1.52. The van der Waals surface area contributed by atoms with E-state index in [9.17, 15) is 4.79 Å². The van der Waals surface area contributed by atoms with Gasteiger partial charge in [0.1, 0.15) is 5.75 Å². The summed E-state index contributed by atoms with van der Waals surface area (Å²) < 4.78 is 10.9. The highest BCUT2D eigenvalue weighted by molar-refractivity contribution is 5.79. The summed E-state index contributed by atoms with van der Waals surface area (Å²) >= 11 is 0. The van der Waals surface area contributed by atoms with Crippen molar-refractivity contribution in [1.29, 1.82) is 0 Å². The normalized spacial score (nSPS) is 13.8. The number of nitrogens with one attached hydrogen (secondary N) is 3. The molecule has 3 N–H and O–H groups in total. The molecule has 1 aliphatic carbocycles. The number of rotatable bonds is 14. The van der Waals surface area contributed by atoms with Gasteiger partial charge in [0.2, 0.25) is 0 Å². The number of unbranched alkanes of at least 4 members (excludes halogenated alkanes) is 1. The van der Waals surface area contributed by atoms with Crippen molar-refractivity contribution < 1.29 is 14.3 Å². The number of hydrogen-bond donors (Lipinski definition) is 3. The van der Waals surface area contributed by atoms with E-state index in [-0.39, 0.29) is 12.5 Å². The lowest BCUT2D eigenvalue weighted by atomic mass is 10.1. The van der Waals surface area contributed by atoms with Crippen LogP contribution in [0.1, 0.15) is 45.1 Å². The SMILES string of the molecule is CCNC(=NCCCCOCC)NCCc1ccc(OCC(=O)NC2CC2)cc1. The Morgan fingerprint density at radius 2 is 1.93 bits per heavy atom. The number of amides is 1. The summed E-state index contributed by atoms with van der Waals surface area (Å²) in [6.45, 7) is 8.17. The van der Waals surface area contributed by atoms with Gasteiger partial charge in [-0.15, -0.1) is 0 Å². The van der Waals surface area contributed by atoms with Gasteiger partial charge in [0, 0.05) is 38.9 Å². The number of hydrogen-bond acceptors (Lipinski definition) is 4. The predicted molar refractivity (Wildman–Crippen MR) is 117 cm³/mol. The second kappa shape index (κ2) is 13.8. The minimum atomic E-state index is -0.0473. The highest BCUT2D eigenvalue weighted by Crippen LogP contribution is 2.18. The van der Waals surface area contributed by atoms with Gasteiger partial charge in [-0.2, -0.15) is 0 Å². The Balaban J connectivity index is 1.64. The van der Waals surface area contributed by atoms with E-state index in [1.165, 1.54) is 5.56 Å². The summed E-state index contributed by atoms with van der Waals surface area (Å²) in [6.07, 6.45) is 5.12. The fourth-order valence-corrected chi connectivity index (χ4v) is 2.72. The van der Waals surface area contributed by atoms with Gasteiger partial charge in [-0.1, -0.05) is 12.1 Å². The van der Waals surface area contributed by atoms with E-state index in [0.29, 0.717) is 6.04 Å². The summed E-state index contributed by atoms with van der Waals surface area (Å²) in [4.78, 5) is 16.3. The third-order valence-corrected chi connectivity index (χ3v) is 4.46.